The fraction of sp³-hybridized carbons (Fsp3) is 0.304. The van der Waals surface area contributed by atoms with Gasteiger partial charge in [-0.3, -0.25) is 14.5 Å². The summed E-state index contributed by atoms with van der Waals surface area (Å²) in [5, 5.41) is 8.43. The largest absolute Gasteiger partial charge is 0.349 e. The Morgan fingerprint density at radius 1 is 1.10 bits per heavy atom. The molecule has 0 bridgehead atoms. The first-order valence-corrected chi connectivity index (χ1v) is 10.7. The fourth-order valence-electron chi connectivity index (χ4n) is 3.23. The molecular formula is C23H25FN4O2S. The fourth-order valence-corrected chi connectivity index (χ4v) is 3.66. The highest BCUT2D eigenvalue weighted by Crippen LogP contribution is 2.33. The summed E-state index contributed by atoms with van der Waals surface area (Å²) in [4.78, 5) is 28.5. The number of hydrogen-bond donors (Lipinski definition) is 1. The van der Waals surface area contributed by atoms with Crippen LogP contribution in [0.1, 0.15) is 54.0 Å². The summed E-state index contributed by atoms with van der Waals surface area (Å²) in [6, 6.07) is 10.3. The molecule has 0 aliphatic carbocycles. The van der Waals surface area contributed by atoms with Crippen LogP contribution in [-0.2, 0) is 4.79 Å². The van der Waals surface area contributed by atoms with E-state index in [0.717, 1.165) is 22.7 Å². The average Bonchev–Trinajstić information content (AvgIpc) is 3.22. The molecule has 0 saturated heterocycles. The SMILES string of the molecule is Cc1ccc(C)c(N(C(=O)c2csnn2)[C@@H](C(=O)NC(C)(C)C)c2ccc(F)cc2)c1. The summed E-state index contributed by atoms with van der Waals surface area (Å²) >= 11 is 1.06. The summed E-state index contributed by atoms with van der Waals surface area (Å²) in [6.07, 6.45) is 0. The lowest BCUT2D eigenvalue weighted by molar-refractivity contribution is -0.123. The van der Waals surface area contributed by atoms with Crippen LogP contribution in [0.2, 0.25) is 0 Å². The van der Waals surface area contributed by atoms with Gasteiger partial charge in [0.1, 0.15) is 11.9 Å². The van der Waals surface area contributed by atoms with Crippen LogP contribution < -0.4 is 10.2 Å². The number of anilines is 1. The number of amides is 2. The second kappa shape index (κ2) is 8.93. The first-order valence-electron chi connectivity index (χ1n) is 9.82. The summed E-state index contributed by atoms with van der Waals surface area (Å²) in [7, 11) is 0. The lowest BCUT2D eigenvalue weighted by atomic mass is 9.99. The molecule has 1 aromatic heterocycles. The molecule has 0 aliphatic rings. The molecule has 0 aliphatic heterocycles. The second-order valence-electron chi connectivity index (χ2n) is 8.45. The van der Waals surface area contributed by atoms with Crippen molar-refractivity contribution in [3.05, 3.63) is 76.0 Å². The van der Waals surface area contributed by atoms with E-state index in [2.05, 4.69) is 14.9 Å². The van der Waals surface area contributed by atoms with Crippen molar-refractivity contribution in [2.45, 2.75) is 46.2 Å². The molecule has 1 atom stereocenters. The smallest absolute Gasteiger partial charge is 0.280 e. The average molecular weight is 441 g/mol. The van der Waals surface area contributed by atoms with Crippen LogP contribution in [-0.4, -0.2) is 26.9 Å². The first kappa shape index (κ1) is 22.6. The molecule has 3 rings (SSSR count). The van der Waals surface area contributed by atoms with E-state index in [1.54, 1.807) is 5.38 Å². The van der Waals surface area contributed by atoms with Crippen molar-refractivity contribution in [1.29, 1.82) is 0 Å². The van der Waals surface area contributed by atoms with Crippen molar-refractivity contribution in [2.75, 3.05) is 4.90 Å². The van der Waals surface area contributed by atoms with Crippen LogP contribution in [0.4, 0.5) is 10.1 Å². The van der Waals surface area contributed by atoms with E-state index < -0.39 is 23.3 Å². The van der Waals surface area contributed by atoms with E-state index in [4.69, 9.17) is 0 Å². The topological polar surface area (TPSA) is 75.2 Å². The van der Waals surface area contributed by atoms with Crippen LogP contribution >= 0.6 is 11.5 Å². The lowest BCUT2D eigenvalue weighted by Crippen LogP contribution is -2.49. The van der Waals surface area contributed by atoms with Gasteiger partial charge >= 0.3 is 0 Å². The highest BCUT2D eigenvalue weighted by Gasteiger charge is 2.36. The number of aromatic nitrogens is 2. The van der Waals surface area contributed by atoms with E-state index in [0.29, 0.717) is 11.3 Å². The van der Waals surface area contributed by atoms with Crippen molar-refractivity contribution in [1.82, 2.24) is 14.9 Å². The highest BCUT2D eigenvalue weighted by atomic mass is 32.1. The molecule has 2 amide bonds. The summed E-state index contributed by atoms with van der Waals surface area (Å²) in [5.41, 5.74) is 2.42. The Bertz CT molecular complexity index is 1080. The van der Waals surface area contributed by atoms with E-state index in [1.165, 1.54) is 29.2 Å². The minimum absolute atomic E-state index is 0.140. The van der Waals surface area contributed by atoms with Gasteiger partial charge in [-0.25, -0.2) is 4.39 Å². The molecule has 0 fully saturated rings. The number of benzene rings is 2. The van der Waals surface area contributed by atoms with E-state index in [9.17, 15) is 14.0 Å². The summed E-state index contributed by atoms with van der Waals surface area (Å²) in [6.45, 7) is 9.37. The molecule has 2 aromatic carbocycles. The predicted molar refractivity (Wildman–Crippen MR) is 120 cm³/mol. The zero-order valence-electron chi connectivity index (χ0n) is 18.1. The number of carbonyl (C=O) groups is 2. The number of nitrogens with one attached hydrogen (secondary N) is 1. The molecule has 0 radical (unpaired) electrons. The molecule has 31 heavy (non-hydrogen) atoms. The Hall–Kier alpha value is -3.13. The molecule has 0 saturated carbocycles. The van der Waals surface area contributed by atoms with E-state index >= 15 is 0 Å². The highest BCUT2D eigenvalue weighted by molar-refractivity contribution is 7.03. The van der Waals surface area contributed by atoms with Crippen molar-refractivity contribution < 1.29 is 14.0 Å². The standard InChI is InChI=1S/C23H25FN4O2S/c1-14-6-7-15(2)19(12-14)28(22(30)18-13-31-27-26-18)20(21(29)25-23(3,4)5)16-8-10-17(24)11-9-16/h6-13,20H,1-5H3,(H,25,29)/t20-/m1/s1. The third kappa shape index (κ3) is 5.32. The number of aryl methyl sites for hydroxylation is 2. The van der Waals surface area contributed by atoms with Gasteiger partial charge in [-0.2, -0.15) is 0 Å². The van der Waals surface area contributed by atoms with Gasteiger partial charge in [-0.1, -0.05) is 28.8 Å². The first-order chi connectivity index (χ1) is 14.6. The molecule has 0 unspecified atom stereocenters. The minimum Gasteiger partial charge on any atom is -0.349 e. The number of hydrogen-bond acceptors (Lipinski definition) is 5. The number of rotatable bonds is 5. The van der Waals surface area contributed by atoms with E-state index in [1.807, 2.05) is 52.8 Å². The Labute approximate surface area is 185 Å². The monoisotopic (exact) mass is 440 g/mol. The summed E-state index contributed by atoms with van der Waals surface area (Å²) in [5.74, 6) is -1.26. The number of nitrogens with zero attached hydrogens (tertiary/aromatic N) is 3. The molecule has 8 heteroatoms. The van der Waals surface area contributed by atoms with Gasteiger partial charge in [0.05, 0.1) is 0 Å². The molecule has 6 nitrogen and oxygen atoms in total. The maximum Gasteiger partial charge on any atom is 0.280 e. The zero-order valence-corrected chi connectivity index (χ0v) is 19.0. The van der Waals surface area contributed by atoms with Gasteiger partial charge in [-0.15, -0.1) is 5.10 Å². The number of carbonyl (C=O) groups excluding carboxylic acids is 2. The lowest BCUT2D eigenvalue weighted by Gasteiger charge is -2.34. The molecular weight excluding hydrogens is 415 g/mol. The quantitative estimate of drug-likeness (QED) is 0.629. The van der Waals surface area contributed by atoms with Crippen LogP contribution in [0.25, 0.3) is 0 Å². The third-order valence-electron chi connectivity index (χ3n) is 4.61. The van der Waals surface area contributed by atoms with Crippen LogP contribution in [0.15, 0.2) is 47.8 Å². The van der Waals surface area contributed by atoms with Gasteiger partial charge in [-0.05, 0) is 81.0 Å². The third-order valence-corrected chi connectivity index (χ3v) is 5.12. The Kier molecular flexibility index (Phi) is 6.50. The predicted octanol–water partition coefficient (Wildman–Crippen LogP) is 4.60. The van der Waals surface area contributed by atoms with Gasteiger partial charge in [0.2, 0.25) is 5.91 Å². The number of halogens is 1. The maximum absolute atomic E-state index is 13.6. The molecule has 162 valence electrons. The summed E-state index contributed by atoms with van der Waals surface area (Å²) < 4.78 is 17.4. The zero-order chi connectivity index (χ0) is 22.8. The molecule has 0 spiro atoms. The van der Waals surface area contributed by atoms with E-state index in [-0.39, 0.29) is 11.6 Å². The normalized spacial score (nSPS) is 12.3. The maximum atomic E-state index is 13.6. The second-order valence-corrected chi connectivity index (χ2v) is 9.06. The van der Waals surface area contributed by atoms with Crippen LogP contribution in [0.5, 0.6) is 0 Å². The van der Waals surface area contributed by atoms with Crippen LogP contribution in [0.3, 0.4) is 0 Å². The Morgan fingerprint density at radius 2 is 1.77 bits per heavy atom. The van der Waals surface area contributed by atoms with Crippen molar-refractivity contribution >= 4 is 29.0 Å². The van der Waals surface area contributed by atoms with Crippen molar-refractivity contribution in [2.24, 2.45) is 0 Å². The Morgan fingerprint density at radius 3 is 2.35 bits per heavy atom. The van der Waals surface area contributed by atoms with Gasteiger partial charge in [0, 0.05) is 16.6 Å². The van der Waals surface area contributed by atoms with Gasteiger partial charge in [0.25, 0.3) is 5.91 Å². The van der Waals surface area contributed by atoms with Crippen molar-refractivity contribution in [3.8, 4) is 0 Å². The molecule has 3 aromatic rings. The van der Waals surface area contributed by atoms with Crippen LogP contribution in [0, 0.1) is 19.7 Å². The van der Waals surface area contributed by atoms with Gasteiger partial charge in [0.15, 0.2) is 5.69 Å². The Balaban J connectivity index is 2.23. The molecule has 1 N–H and O–H groups in total. The van der Waals surface area contributed by atoms with Gasteiger partial charge < -0.3 is 5.32 Å². The minimum atomic E-state index is -1.03. The molecule has 1 heterocycles. The van der Waals surface area contributed by atoms with Crippen molar-refractivity contribution in [3.63, 3.8) is 0 Å².